The van der Waals surface area contributed by atoms with Crippen molar-refractivity contribution in [3.8, 4) is 5.75 Å². The van der Waals surface area contributed by atoms with Crippen molar-refractivity contribution in [2.45, 2.75) is 39.5 Å². The van der Waals surface area contributed by atoms with E-state index in [0.29, 0.717) is 19.7 Å². The van der Waals surface area contributed by atoms with E-state index in [4.69, 9.17) is 9.47 Å². The van der Waals surface area contributed by atoms with Crippen molar-refractivity contribution < 1.29 is 9.47 Å². The first-order valence-corrected chi connectivity index (χ1v) is 10.5. The second-order valence-corrected chi connectivity index (χ2v) is 8.02. The van der Waals surface area contributed by atoms with Crippen LogP contribution in [-0.2, 0) is 17.8 Å². The van der Waals surface area contributed by atoms with Crippen LogP contribution in [0.3, 0.4) is 0 Å². The molecule has 6 nitrogen and oxygen atoms in total. The number of rotatable bonds is 7. The third kappa shape index (κ3) is 7.28. The smallest absolute Gasteiger partial charge is 0.191 e. The lowest BCUT2D eigenvalue weighted by Gasteiger charge is -2.20. The van der Waals surface area contributed by atoms with E-state index >= 15 is 0 Å². The molecule has 170 valence electrons. The lowest BCUT2D eigenvalue weighted by molar-refractivity contribution is 0.140. The Morgan fingerprint density at radius 3 is 2.32 bits per heavy atom. The van der Waals surface area contributed by atoms with Gasteiger partial charge < -0.3 is 25.0 Å². The lowest BCUT2D eigenvalue weighted by atomic mass is 10.1. The van der Waals surface area contributed by atoms with Crippen LogP contribution in [0.15, 0.2) is 41.4 Å². The van der Waals surface area contributed by atoms with Gasteiger partial charge in [0, 0.05) is 51.9 Å². The summed E-state index contributed by atoms with van der Waals surface area (Å²) in [6, 6.07) is 12.8. The first kappa shape index (κ1) is 25.3. The van der Waals surface area contributed by atoms with Gasteiger partial charge >= 0.3 is 0 Å². The molecule has 0 amide bonds. The monoisotopic (exact) mass is 538 g/mol. The molecule has 0 aromatic heterocycles. The number of benzene rings is 2. The Kier molecular flexibility index (Phi) is 9.90. The molecule has 3 rings (SSSR count). The summed E-state index contributed by atoms with van der Waals surface area (Å²) in [7, 11) is 5.93. The van der Waals surface area contributed by atoms with Crippen LogP contribution in [0.2, 0.25) is 0 Å². The summed E-state index contributed by atoms with van der Waals surface area (Å²) < 4.78 is 11.7. The molecule has 0 aliphatic carbocycles. The highest BCUT2D eigenvalue weighted by Crippen LogP contribution is 2.24. The molecule has 2 N–H and O–H groups in total. The Hall–Kier alpha value is -2.00. The van der Waals surface area contributed by atoms with E-state index in [1.165, 1.54) is 22.4 Å². The van der Waals surface area contributed by atoms with Gasteiger partial charge in [0.1, 0.15) is 11.9 Å². The number of aliphatic imine (C=N–C) groups is 1. The number of nitrogens with one attached hydrogen (secondary N) is 2. The van der Waals surface area contributed by atoms with Crippen LogP contribution in [0.25, 0.3) is 0 Å². The normalized spacial score (nSPS) is 15.9. The second-order valence-electron chi connectivity index (χ2n) is 8.02. The number of nitrogens with zero attached hydrogens (tertiary/aromatic N) is 2. The standard InChI is InChI=1S/C24H34N4O2.HI/c1-17-6-8-19(22(12-17)28(4)5)14-26-24(25-3)27-15-20-9-7-18(2)13-23(20)30-21-10-11-29-16-21;/h6-9,12-13,21H,10-11,14-16H2,1-5H3,(H2,25,26,27);1H. The summed E-state index contributed by atoms with van der Waals surface area (Å²) in [6.07, 6.45) is 1.07. The number of guanidine groups is 1. The summed E-state index contributed by atoms with van der Waals surface area (Å²) in [5.41, 5.74) is 6.00. The van der Waals surface area contributed by atoms with Gasteiger partial charge in [-0.1, -0.05) is 24.3 Å². The highest BCUT2D eigenvalue weighted by molar-refractivity contribution is 14.0. The molecule has 2 aromatic rings. The average molecular weight is 538 g/mol. The summed E-state index contributed by atoms with van der Waals surface area (Å²) in [6.45, 7) is 6.97. The number of anilines is 1. The van der Waals surface area contributed by atoms with E-state index in [1.54, 1.807) is 7.05 Å². The first-order chi connectivity index (χ1) is 14.5. The molecule has 1 aliphatic rings. The zero-order valence-electron chi connectivity index (χ0n) is 19.2. The minimum atomic E-state index is 0. The molecule has 1 aliphatic heterocycles. The van der Waals surface area contributed by atoms with Gasteiger partial charge in [0.2, 0.25) is 0 Å². The van der Waals surface area contributed by atoms with Crippen LogP contribution in [0.4, 0.5) is 5.69 Å². The largest absolute Gasteiger partial charge is 0.488 e. The van der Waals surface area contributed by atoms with Crippen molar-refractivity contribution >= 4 is 35.6 Å². The summed E-state index contributed by atoms with van der Waals surface area (Å²) in [4.78, 5) is 6.52. The van der Waals surface area contributed by atoms with Gasteiger partial charge in [-0.05, 0) is 42.7 Å². The fraction of sp³-hybridized carbons (Fsp3) is 0.458. The van der Waals surface area contributed by atoms with E-state index in [2.05, 4.69) is 84.9 Å². The van der Waals surface area contributed by atoms with Gasteiger partial charge in [-0.2, -0.15) is 0 Å². The third-order valence-corrected chi connectivity index (χ3v) is 5.24. The molecule has 7 heteroatoms. The molecule has 1 saturated heterocycles. The maximum absolute atomic E-state index is 6.20. The molecule has 1 fully saturated rings. The van der Waals surface area contributed by atoms with Gasteiger partial charge in [-0.15, -0.1) is 24.0 Å². The maximum atomic E-state index is 6.20. The number of hydrogen-bond acceptors (Lipinski definition) is 4. The Bertz CT molecular complexity index is 880. The Morgan fingerprint density at radius 1 is 1.06 bits per heavy atom. The average Bonchev–Trinajstić information content (AvgIpc) is 3.23. The van der Waals surface area contributed by atoms with Gasteiger partial charge in [0.05, 0.1) is 13.2 Å². The van der Waals surface area contributed by atoms with Crippen molar-refractivity contribution in [2.75, 3.05) is 39.3 Å². The first-order valence-electron chi connectivity index (χ1n) is 10.5. The minimum Gasteiger partial charge on any atom is -0.488 e. The minimum absolute atomic E-state index is 0. The van der Waals surface area contributed by atoms with Gasteiger partial charge in [0.15, 0.2) is 5.96 Å². The van der Waals surface area contributed by atoms with Gasteiger partial charge in [-0.3, -0.25) is 4.99 Å². The molecular formula is C24H35IN4O2. The van der Waals surface area contributed by atoms with Crippen LogP contribution < -0.4 is 20.3 Å². The molecule has 1 heterocycles. The van der Waals surface area contributed by atoms with Crippen LogP contribution in [-0.4, -0.2) is 46.4 Å². The van der Waals surface area contributed by atoms with E-state index in [9.17, 15) is 0 Å². The van der Waals surface area contributed by atoms with E-state index < -0.39 is 0 Å². The highest BCUT2D eigenvalue weighted by Gasteiger charge is 2.19. The Morgan fingerprint density at radius 2 is 1.71 bits per heavy atom. The van der Waals surface area contributed by atoms with E-state index in [-0.39, 0.29) is 30.1 Å². The molecule has 2 aromatic carbocycles. The second kappa shape index (κ2) is 12.1. The molecule has 31 heavy (non-hydrogen) atoms. The fourth-order valence-electron chi connectivity index (χ4n) is 3.52. The highest BCUT2D eigenvalue weighted by atomic mass is 127. The van der Waals surface area contributed by atoms with Crippen molar-refractivity contribution in [3.63, 3.8) is 0 Å². The molecular weight excluding hydrogens is 503 g/mol. The van der Waals surface area contributed by atoms with E-state index in [0.717, 1.165) is 30.3 Å². The quantitative estimate of drug-likeness (QED) is 0.317. The maximum Gasteiger partial charge on any atom is 0.191 e. The van der Waals surface area contributed by atoms with Crippen molar-refractivity contribution in [1.29, 1.82) is 0 Å². The molecule has 1 unspecified atom stereocenters. The summed E-state index contributed by atoms with van der Waals surface area (Å²) >= 11 is 0. The zero-order valence-corrected chi connectivity index (χ0v) is 21.5. The van der Waals surface area contributed by atoms with E-state index in [1.807, 2.05) is 0 Å². The number of aryl methyl sites for hydroxylation is 2. The molecule has 0 bridgehead atoms. The number of halogens is 1. The molecule has 0 spiro atoms. The predicted octanol–water partition coefficient (Wildman–Crippen LogP) is 4.02. The third-order valence-electron chi connectivity index (χ3n) is 5.24. The predicted molar refractivity (Wildman–Crippen MR) is 139 cm³/mol. The molecule has 1 atom stereocenters. The Balaban J connectivity index is 0.00000341. The summed E-state index contributed by atoms with van der Waals surface area (Å²) in [5.74, 6) is 1.68. The van der Waals surface area contributed by atoms with Crippen LogP contribution in [0.1, 0.15) is 28.7 Å². The van der Waals surface area contributed by atoms with Crippen molar-refractivity contribution in [1.82, 2.24) is 10.6 Å². The van der Waals surface area contributed by atoms with Crippen molar-refractivity contribution in [2.24, 2.45) is 4.99 Å². The van der Waals surface area contributed by atoms with Gasteiger partial charge in [0.25, 0.3) is 0 Å². The summed E-state index contributed by atoms with van der Waals surface area (Å²) in [5, 5.41) is 6.84. The topological polar surface area (TPSA) is 58.1 Å². The Labute approximate surface area is 203 Å². The number of hydrogen-bond donors (Lipinski definition) is 2. The fourth-order valence-corrected chi connectivity index (χ4v) is 3.52. The molecule has 0 radical (unpaired) electrons. The van der Waals surface area contributed by atoms with Crippen LogP contribution in [0.5, 0.6) is 5.75 Å². The molecule has 0 saturated carbocycles. The van der Waals surface area contributed by atoms with Crippen LogP contribution in [0, 0.1) is 13.8 Å². The van der Waals surface area contributed by atoms with Gasteiger partial charge in [-0.25, -0.2) is 0 Å². The number of ether oxygens (including phenoxy) is 2. The SMILES string of the molecule is CN=C(NCc1ccc(C)cc1OC1CCOC1)NCc1ccc(C)cc1N(C)C.I. The van der Waals surface area contributed by atoms with Crippen LogP contribution >= 0.6 is 24.0 Å². The van der Waals surface area contributed by atoms with Crippen molar-refractivity contribution in [3.05, 3.63) is 58.7 Å². The lowest BCUT2D eigenvalue weighted by Crippen LogP contribution is -2.36. The zero-order chi connectivity index (χ0) is 21.5.